The summed E-state index contributed by atoms with van der Waals surface area (Å²) in [4.78, 5) is 25.3. The molecule has 0 radical (unpaired) electrons. The molecule has 33 heavy (non-hydrogen) atoms. The number of aliphatic hydroxyl groups excluding tert-OH is 2. The van der Waals surface area contributed by atoms with Gasteiger partial charge in [0, 0.05) is 6.42 Å². The van der Waals surface area contributed by atoms with Crippen molar-refractivity contribution >= 4 is 11.8 Å². The molecular formula is C26H34N2O5. The zero-order valence-corrected chi connectivity index (χ0v) is 18.9. The Kier molecular flexibility index (Phi) is 11.9. The Morgan fingerprint density at radius 2 is 1.52 bits per heavy atom. The number of aliphatic hydroxyl groups is 2. The van der Waals surface area contributed by atoms with Crippen LogP contribution in [0.2, 0.25) is 0 Å². The van der Waals surface area contributed by atoms with Crippen molar-refractivity contribution in [2.75, 3.05) is 19.8 Å². The second-order valence-electron chi connectivity index (χ2n) is 7.95. The maximum absolute atomic E-state index is 12.8. The van der Waals surface area contributed by atoms with E-state index in [2.05, 4.69) is 17.2 Å². The topological polar surface area (TPSA) is 108 Å². The molecular weight excluding hydrogens is 420 g/mol. The highest BCUT2D eigenvalue weighted by Gasteiger charge is 2.24. The van der Waals surface area contributed by atoms with Gasteiger partial charge in [-0.3, -0.25) is 9.59 Å². The number of rotatable bonds is 15. The van der Waals surface area contributed by atoms with Crippen LogP contribution in [-0.4, -0.2) is 53.9 Å². The number of nitrogens with one attached hydrogen (secondary N) is 2. The molecule has 0 spiro atoms. The molecule has 0 aliphatic rings. The Bertz CT molecular complexity index is 844. The fourth-order valence-corrected chi connectivity index (χ4v) is 3.41. The Balaban J connectivity index is 1.84. The van der Waals surface area contributed by atoms with Crippen LogP contribution >= 0.6 is 0 Å². The third-order valence-electron chi connectivity index (χ3n) is 5.16. The highest BCUT2D eigenvalue weighted by molar-refractivity contribution is 5.86. The molecule has 0 saturated carbocycles. The van der Waals surface area contributed by atoms with Crippen molar-refractivity contribution in [3.63, 3.8) is 0 Å². The molecule has 2 aromatic rings. The van der Waals surface area contributed by atoms with Gasteiger partial charge in [-0.2, -0.15) is 0 Å². The molecule has 2 amide bonds. The average Bonchev–Trinajstić information content (AvgIpc) is 2.83. The van der Waals surface area contributed by atoms with E-state index in [0.29, 0.717) is 19.4 Å². The monoisotopic (exact) mass is 454 g/mol. The van der Waals surface area contributed by atoms with Crippen molar-refractivity contribution in [2.45, 2.75) is 38.0 Å². The summed E-state index contributed by atoms with van der Waals surface area (Å²) in [6.07, 6.45) is 2.34. The predicted octanol–water partition coefficient (Wildman–Crippen LogP) is 1.98. The number of hydrogen-bond acceptors (Lipinski definition) is 5. The van der Waals surface area contributed by atoms with Gasteiger partial charge in [-0.1, -0.05) is 66.7 Å². The third kappa shape index (κ3) is 9.99. The lowest BCUT2D eigenvalue weighted by Gasteiger charge is -2.22. The van der Waals surface area contributed by atoms with Gasteiger partial charge in [-0.05, 0) is 24.0 Å². The molecule has 3 atom stereocenters. The number of benzene rings is 2. The fourth-order valence-electron chi connectivity index (χ4n) is 3.41. The smallest absolute Gasteiger partial charge is 0.224 e. The van der Waals surface area contributed by atoms with Gasteiger partial charge in [0.2, 0.25) is 11.8 Å². The summed E-state index contributed by atoms with van der Waals surface area (Å²) >= 11 is 0. The Morgan fingerprint density at radius 1 is 0.909 bits per heavy atom. The second kappa shape index (κ2) is 14.9. The first-order valence-electron chi connectivity index (χ1n) is 11.1. The molecule has 3 unspecified atom stereocenters. The highest BCUT2D eigenvalue weighted by atomic mass is 16.5. The van der Waals surface area contributed by atoms with Gasteiger partial charge < -0.3 is 25.6 Å². The third-order valence-corrected chi connectivity index (χ3v) is 5.16. The van der Waals surface area contributed by atoms with Crippen LogP contribution < -0.4 is 10.6 Å². The van der Waals surface area contributed by atoms with Crippen LogP contribution in [-0.2, 0) is 27.4 Å². The molecule has 2 rings (SSSR count). The number of carbonyl (C=O) groups is 2. The van der Waals surface area contributed by atoms with E-state index in [1.165, 1.54) is 0 Å². The maximum atomic E-state index is 12.8. The summed E-state index contributed by atoms with van der Waals surface area (Å²) in [5.41, 5.74) is 1.99. The van der Waals surface area contributed by atoms with Crippen molar-refractivity contribution in [3.8, 4) is 0 Å². The van der Waals surface area contributed by atoms with Gasteiger partial charge in [0.05, 0.1) is 44.4 Å². The van der Waals surface area contributed by atoms with Crippen molar-refractivity contribution in [1.82, 2.24) is 10.6 Å². The van der Waals surface area contributed by atoms with E-state index >= 15 is 0 Å². The van der Waals surface area contributed by atoms with E-state index in [4.69, 9.17) is 4.74 Å². The quantitative estimate of drug-likeness (QED) is 0.308. The highest BCUT2D eigenvalue weighted by Crippen LogP contribution is 2.12. The predicted molar refractivity (Wildman–Crippen MR) is 127 cm³/mol. The minimum atomic E-state index is -0.637. The van der Waals surface area contributed by atoms with E-state index in [9.17, 15) is 19.8 Å². The van der Waals surface area contributed by atoms with Crippen molar-refractivity contribution in [2.24, 2.45) is 5.92 Å². The van der Waals surface area contributed by atoms with Crippen LogP contribution in [0.3, 0.4) is 0 Å². The molecule has 178 valence electrons. The summed E-state index contributed by atoms with van der Waals surface area (Å²) in [7, 11) is 0. The summed E-state index contributed by atoms with van der Waals surface area (Å²) in [6.45, 7) is 3.71. The molecule has 4 N–H and O–H groups in total. The van der Waals surface area contributed by atoms with Crippen LogP contribution in [0.25, 0.3) is 0 Å². The van der Waals surface area contributed by atoms with Gasteiger partial charge in [-0.25, -0.2) is 0 Å². The number of allylic oxidation sites excluding steroid dienone is 1. The Hall–Kier alpha value is -3.00. The summed E-state index contributed by atoms with van der Waals surface area (Å²) in [5.74, 6) is -1.31. The van der Waals surface area contributed by atoms with Gasteiger partial charge in [-0.15, -0.1) is 6.58 Å². The number of ether oxygens (including phenoxy) is 1. The van der Waals surface area contributed by atoms with Crippen molar-refractivity contribution in [1.29, 1.82) is 0 Å². The van der Waals surface area contributed by atoms with Gasteiger partial charge in [0.25, 0.3) is 0 Å². The molecule has 0 aromatic heterocycles. The molecule has 7 heteroatoms. The molecule has 2 aromatic carbocycles. The minimum absolute atomic E-state index is 0.0494. The van der Waals surface area contributed by atoms with Gasteiger partial charge in [0.1, 0.15) is 0 Å². The zero-order chi connectivity index (χ0) is 23.9. The van der Waals surface area contributed by atoms with E-state index in [1.807, 2.05) is 60.7 Å². The molecule has 0 aliphatic carbocycles. The minimum Gasteiger partial charge on any atom is -0.394 e. The lowest BCUT2D eigenvalue weighted by Crippen LogP contribution is -2.45. The zero-order valence-electron chi connectivity index (χ0n) is 18.9. The van der Waals surface area contributed by atoms with Crippen LogP contribution in [0, 0.1) is 5.92 Å². The SMILES string of the molecule is C=CCC(CC(=O)NC(CO)Cc1ccccc1)C(=O)NC(CO)COCc1ccccc1. The number of carbonyl (C=O) groups excluding carboxylic acids is 2. The van der Waals surface area contributed by atoms with E-state index < -0.39 is 18.0 Å². The molecule has 0 aliphatic heterocycles. The number of amides is 2. The molecule has 7 nitrogen and oxygen atoms in total. The molecule has 0 heterocycles. The first-order chi connectivity index (χ1) is 16.0. The first kappa shape index (κ1) is 26.3. The van der Waals surface area contributed by atoms with Crippen LogP contribution in [0.15, 0.2) is 73.3 Å². The first-order valence-corrected chi connectivity index (χ1v) is 11.1. The lowest BCUT2D eigenvalue weighted by molar-refractivity contribution is -0.131. The van der Waals surface area contributed by atoms with E-state index in [1.54, 1.807) is 6.08 Å². The average molecular weight is 455 g/mol. The largest absolute Gasteiger partial charge is 0.394 e. The van der Waals surface area contributed by atoms with Crippen LogP contribution in [0.5, 0.6) is 0 Å². The lowest BCUT2D eigenvalue weighted by atomic mass is 9.98. The Morgan fingerprint density at radius 3 is 2.09 bits per heavy atom. The van der Waals surface area contributed by atoms with Crippen LogP contribution in [0.1, 0.15) is 24.0 Å². The maximum Gasteiger partial charge on any atom is 0.224 e. The number of hydrogen-bond donors (Lipinski definition) is 4. The fraction of sp³-hybridized carbons (Fsp3) is 0.385. The molecule has 0 bridgehead atoms. The van der Waals surface area contributed by atoms with Gasteiger partial charge >= 0.3 is 0 Å². The standard InChI is InChI=1S/C26H34N2O5/c1-2-9-22(15-25(31)27-23(16-29)14-20-10-5-3-6-11-20)26(32)28-24(17-30)19-33-18-21-12-7-4-8-13-21/h2-8,10-13,22-24,29-30H,1,9,14-19H2,(H,27,31)(H,28,32). The summed E-state index contributed by atoms with van der Waals surface area (Å²) < 4.78 is 5.62. The van der Waals surface area contributed by atoms with E-state index in [-0.39, 0.29) is 38.1 Å². The van der Waals surface area contributed by atoms with Crippen molar-refractivity contribution in [3.05, 3.63) is 84.4 Å². The van der Waals surface area contributed by atoms with E-state index in [0.717, 1.165) is 11.1 Å². The Labute approximate surface area is 195 Å². The molecule has 0 fully saturated rings. The van der Waals surface area contributed by atoms with Gasteiger partial charge in [0.15, 0.2) is 0 Å². The molecule has 0 saturated heterocycles. The second-order valence-corrected chi connectivity index (χ2v) is 7.95. The van der Waals surface area contributed by atoms with Crippen molar-refractivity contribution < 1.29 is 24.5 Å². The van der Waals surface area contributed by atoms with Crippen LogP contribution in [0.4, 0.5) is 0 Å². The normalized spacial score (nSPS) is 13.5. The summed E-state index contributed by atoms with van der Waals surface area (Å²) in [5, 5.41) is 24.8. The summed E-state index contributed by atoms with van der Waals surface area (Å²) in [6, 6.07) is 18.1.